The number of aromatic amines is 1. The van der Waals surface area contributed by atoms with Crippen molar-refractivity contribution >= 4 is 5.82 Å². The van der Waals surface area contributed by atoms with E-state index in [0.717, 1.165) is 36.6 Å². The van der Waals surface area contributed by atoms with Crippen LogP contribution in [-0.2, 0) is 0 Å². The van der Waals surface area contributed by atoms with Gasteiger partial charge in [-0.1, -0.05) is 13.8 Å². The molecule has 1 aromatic rings. The van der Waals surface area contributed by atoms with Crippen molar-refractivity contribution in [2.75, 3.05) is 18.4 Å². The molecule has 0 amide bonds. The summed E-state index contributed by atoms with van der Waals surface area (Å²) in [5.41, 5.74) is -0.0739. The maximum absolute atomic E-state index is 11.5. The van der Waals surface area contributed by atoms with Gasteiger partial charge in [-0.3, -0.25) is 4.79 Å². The van der Waals surface area contributed by atoms with E-state index in [1.807, 2.05) is 13.8 Å². The van der Waals surface area contributed by atoms with Crippen LogP contribution < -0.4 is 16.2 Å². The van der Waals surface area contributed by atoms with Gasteiger partial charge in [0.15, 0.2) is 0 Å². The predicted molar refractivity (Wildman–Crippen MR) is 66.2 cm³/mol. The van der Waals surface area contributed by atoms with E-state index >= 15 is 0 Å². The summed E-state index contributed by atoms with van der Waals surface area (Å²) in [7, 11) is 0. The van der Waals surface area contributed by atoms with Gasteiger partial charge < -0.3 is 15.6 Å². The molecule has 1 aliphatic heterocycles. The second-order valence-corrected chi connectivity index (χ2v) is 5.33. The molecule has 2 aliphatic rings. The number of anilines is 1. The summed E-state index contributed by atoms with van der Waals surface area (Å²) >= 11 is 0. The van der Waals surface area contributed by atoms with Crippen LogP contribution in [0.15, 0.2) is 10.9 Å². The Balaban J connectivity index is 1.77. The van der Waals surface area contributed by atoms with Crippen LogP contribution in [0.1, 0.15) is 25.6 Å². The molecule has 0 bridgehead atoms. The molecule has 2 atom stereocenters. The lowest BCUT2D eigenvalue weighted by Crippen LogP contribution is -2.23. The minimum atomic E-state index is -0.0739. The zero-order valence-corrected chi connectivity index (χ0v) is 10.2. The fraction of sp³-hybridized carbons (Fsp3) is 0.667. The van der Waals surface area contributed by atoms with Crippen molar-refractivity contribution in [3.05, 3.63) is 22.2 Å². The highest BCUT2D eigenvalue weighted by Crippen LogP contribution is 2.43. The van der Waals surface area contributed by atoms with Crippen LogP contribution in [0.4, 0.5) is 5.82 Å². The van der Waals surface area contributed by atoms with E-state index in [0.29, 0.717) is 6.04 Å². The lowest BCUT2D eigenvalue weighted by atomic mass is 10.2. The Hall–Kier alpha value is -1.36. The third-order valence-electron chi connectivity index (χ3n) is 3.71. The Kier molecular flexibility index (Phi) is 2.43. The van der Waals surface area contributed by atoms with E-state index in [4.69, 9.17) is 0 Å². The van der Waals surface area contributed by atoms with Crippen LogP contribution in [-0.4, -0.2) is 29.1 Å². The summed E-state index contributed by atoms with van der Waals surface area (Å²) in [6.45, 7) is 6.22. The Morgan fingerprint density at radius 3 is 2.76 bits per heavy atom. The Labute approximate surface area is 100 Å². The van der Waals surface area contributed by atoms with Gasteiger partial charge in [-0.15, -0.1) is 0 Å². The van der Waals surface area contributed by atoms with Gasteiger partial charge in [-0.05, 0) is 11.8 Å². The number of nitrogens with one attached hydrogen (secondary N) is 3. The topological polar surface area (TPSA) is 69.8 Å². The lowest BCUT2D eigenvalue weighted by Gasteiger charge is -2.10. The lowest BCUT2D eigenvalue weighted by molar-refractivity contribution is 0.692. The molecule has 5 nitrogen and oxygen atoms in total. The number of hydrogen-bond donors (Lipinski definition) is 3. The summed E-state index contributed by atoms with van der Waals surface area (Å²) in [6, 6.07) is 2.05. The minimum Gasteiger partial charge on any atom is -0.366 e. The van der Waals surface area contributed by atoms with Gasteiger partial charge >= 0.3 is 0 Å². The third kappa shape index (κ3) is 1.95. The molecular formula is C12H18N4O. The molecule has 1 saturated carbocycles. The summed E-state index contributed by atoms with van der Waals surface area (Å²) < 4.78 is 0. The molecule has 5 heteroatoms. The van der Waals surface area contributed by atoms with E-state index < -0.39 is 0 Å². The van der Waals surface area contributed by atoms with Crippen molar-refractivity contribution in [1.29, 1.82) is 0 Å². The molecule has 1 aromatic heterocycles. The molecule has 0 aromatic carbocycles. The van der Waals surface area contributed by atoms with Gasteiger partial charge in [0.25, 0.3) is 5.56 Å². The smallest absolute Gasteiger partial charge is 0.252 e. The molecule has 3 rings (SSSR count). The zero-order valence-electron chi connectivity index (χ0n) is 10.2. The first-order valence-corrected chi connectivity index (χ1v) is 6.23. The van der Waals surface area contributed by atoms with Crippen molar-refractivity contribution in [2.45, 2.75) is 25.8 Å². The predicted octanol–water partition coefficient (Wildman–Crippen LogP) is 0.523. The maximum Gasteiger partial charge on any atom is 0.252 e. The summed E-state index contributed by atoms with van der Waals surface area (Å²) in [6.07, 6.45) is 0. The number of hydrogen-bond acceptors (Lipinski definition) is 4. The third-order valence-corrected chi connectivity index (χ3v) is 3.71. The summed E-state index contributed by atoms with van der Waals surface area (Å²) in [4.78, 5) is 18.7. The van der Waals surface area contributed by atoms with Crippen molar-refractivity contribution in [3.63, 3.8) is 0 Å². The number of H-pyrrole nitrogens is 1. The van der Waals surface area contributed by atoms with Crippen molar-refractivity contribution in [3.8, 4) is 0 Å². The Bertz CT molecular complexity index is 472. The van der Waals surface area contributed by atoms with Crippen LogP contribution in [0.25, 0.3) is 0 Å². The van der Waals surface area contributed by atoms with Crippen LogP contribution in [0.2, 0.25) is 0 Å². The van der Waals surface area contributed by atoms with Gasteiger partial charge in [-0.2, -0.15) is 0 Å². The van der Waals surface area contributed by atoms with E-state index in [1.54, 1.807) is 6.07 Å². The normalized spacial score (nSPS) is 30.4. The van der Waals surface area contributed by atoms with Crippen LogP contribution in [0.5, 0.6) is 0 Å². The quantitative estimate of drug-likeness (QED) is 0.713. The molecule has 2 fully saturated rings. The molecule has 2 heterocycles. The van der Waals surface area contributed by atoms with Crippen LogP contribution >= 0.6 is 0 Å². The highest BCUT2D eigenvalue weighted by molar-refractivity contribution is 5.39. The summed E-state index contributed by atoms with van der Waals surface area (Å²) in [5, 5.41) is 6.73. The monoisotopic (exact) mass is 234 g/mol. The Morgan fingerprint density at radius 1 is 1.41 bits per heavy atom. The van der Waals surface area contributed by atoms with Gasteiger partial charge in [-0.25, -0.2) is 4.98 Å². The second-order valence-electron chi connectivity index (χ2n) is 5.33. The van der Waals surface area contributed by atoms with Gasteiger partial charge in [0.05, 0.1) is 0 Å². The van der Waals surface area contributed by atoms with Gasteiger partial charge in [0, 0.05) is 31.1 Å². The van der Waals surface area contributed by atoms with E-state index in [9.17, 15) is 4.79 Å². The Morgan fingerprint density at radius 2 is 2.12 bits per heavy atom. The molecule has 1 aliphatic carbocycles. The molecular weight excluding hydrogens is 216 g/mol. The molecule has 1 saturated heterocycles. The van der Waals surface area contributed by atoms with Crippen molar-refractivity contribution in [2.24, 2.45) is 11.8 Å². The molecule has 3 N–H and O–H groups in total. The molecule has 2 unspecified atom stereocenters. The highest BCUT2D eigenvalue weighted by atomic mass is 16.1. The van der Waals surface area contributed by atoms with Gasteiger partial charge in [0.1, 0.15) is 11.6 Å². The first kappa shape index (κ1) is 10.8. The SMILES string of the molecule is CC(C)c1nc(NC2C3CNCC32)cc(=O)[nH]1. The van der Waals surface area contributed by atoms with E-state index in [1.165, 1.54) is 0 Å². The number of nitrogens with zero attached hydrogens (tertiary/aromatic N) is 1. The molecule has 92 valence electrons. The molecule has 0 radical (unpaired) electrons. The fourth-order valence-corrected chi connectivity index (χ4v) is 2.63. The van der Waals surface area contributed by atoms with Crippen molar-refractivity contribution in [1.82, 2.24) is 15.3 Å². The number of rotatable bonds is 3. The van der Waals surface area contributed by atoms with E-state index in [-0.39, 0.29) is 11.5 Å². The fourth-order valence-electron chi connectivity index (χ4n) is 2.63. The first-order chi connectivity index (χ1) is 8.15. The highest BCUT2D eigenvalue weighted by Gasteiger charge is 2.53. The minimum absolute atomic E-state index is 0.0739. The summed E-state index contributed by atoms with van der Waals surface area (Å²) in [5.74, 6) is 3.16. The number of aromatic nitrogens is 2. The second kappa shape index (κ2) is 3.84. The largest absolute Gasteiger partial charge is 0.366 e. The van der Waals surface area contributed by atoms with Gasteiger partial charge in [0.2, 0.25) is 0 Å². The average molecular weight is 234 g/mol. The maximum atomic E-state index is 11.5. The van der Waals surface area contributed by atoms with Crippen LogP contribution in [0.3, 0.4) is 0 Å². The zero-order chi connectivity index (χ0) is 12.0. The average Bonchev–Trinajstić information content (AvgIpc) is 2.74. The first-order valence-electron chi connectivity index (χ1n) is 6.23. The molecule has 17 heavy (non-hydrogen) atoms. The number of fused-ring (bicyclic) bond motifs is 1. The molecule has 0 spiro atoms. The number of piperidine rings is 1. The van der Waals surface area contributed by atoms with Crippen molar-refractivity contribution < 1.29 is 0 Å². The standard InChI is InChI=1S/C12H18N4O/c1-6(2)12-15-9(3-10(17)16-12)14-11-7-4-13-5-8(7)11/h3,6-8,11,13H,4-5H2,1-2H3,(H2,14,15,16,17). The van der Waals surface area contributed by atoms with E-state index in [2.05, 4.69) is 20.6 Å². The van der Waals surface area contributed by atoms with Crippen LogP contribution in [0, 0.1) is 11.8 Å².